The smallest absolute Gasteiger partial charge is 0.225 e. The van der Waals surface area contributed by atoms with Gasteiger partial charge < -0.3 is 20.3 Å². The minimum atomic E-state index is -0.675. The van der Waals surface area contributed by atoms with Gasteiger partial charge in [0, 0.05) is 30.4 Å². The number of pyridine rings is 1. The number of ether oxygens (including phenoxy) is 1. The minimum Gasteiger partial charge on any atom is -0.437 e. The quantitative estimate of drug-likeness (QED) is 0.253. The molecule has 192 valence electrons. The molecule has 2 aliphatic carbocycles. The van der Waals surface area contributed by atoms with Crippen molar-refractivity contribution in [2.45, 2.75) is 57.4 Å². The molecular formula is C28H32N6O3. The summed E-state index contributed by atoms with van der Waals surface area (Å²) in [5.74, 6) is 2.18. The molecule has 0 saturated heterocycles. The standard InChI is InChI=1S/C28H32N6O3/c1-17-10-19(5-8-22(17)27(35)32-20-6-7-20)23-16-31-34-24(30-14-18-12-28(2,36)13-18)11-25(33-26(23)34)37-21-4-3-9-29-15-21/h3-5,8-11,15-16,18,20,27,30,32,35-36H,6-7,12-14H2,1-2H3/t18-,27?,28+. The molecule has 2 aliphatic rings. The van der Waals surface area contributed by atoms with Crippen LogP contribution in [0.1, 0.15) is 50.0 Å². The van der Waals surface area contributed by atoms with Crippen LogP contribution in [0.5, 0.6) is 11.6 Å². The van der Waals surface area contributed by atoms with E-state index in [-0.39, 0.29) is 0 Å². The second kappa shape index (κ2) is 9.41. The fourth-order valence-corrected chi connectivity index (χ4v) is 5.14. The Morgan fingerprint density at radius 1 is 1.19 bits per heavy atom. The van der Waals surface area contributed by atoms with E-state index in [9.17, 15) is 10.2 Å². The maximum atomic E-state index is 10.6. The van der Waals surface area contributed by atoms with E-state index in [1.54, 1.807) is 16.9 Å². The van der Waals surface area contributed by atoms with Crippen LogP contribution in [0.3, 0.4) is 0 Å². The number of aromatic nitrogens is 4. The monoisotopic (exact) mass is 500 g/mol. The van der Waals surface area contributed by atoms with E-state index in [0.29, 0.717) is 29.2 Å². The van der Waals surface area contributed by atoms with Crippen molar-refractivity contribution in [2.24, 2.45) is 5.92 Å². The van der Waals surface area contributed by atoms with E-state index in [4.69, 9.17) is 9.72 Å². The third kappa shape index (κ3) is 5.16. The lowest BCUT2D eigenvalue weighted by Crippen LogP contribution is -2.43. The molecule has 1 unspecified atom stereocenters. The Balaban J connectivity index is 1.33. The van der Waals surface area contributed by atoms with Crippen LogP contribution in [0, 0.1) is 12.8 Å². The Morgan fingerprint density at radius 3 is 2.73 bits per heavy atom. The number of hydrogen-bond donors (Lipinski definition) is 4. The Kier molecular flexibility index (Phi) is 6.06. The second-order valence-corrected chi connectivity index (χ2v) is 10.6. The number of fused-ring (bicyclic) bond motifs is 1. The molecule has 6 rings (SSSR count). The lowest BCUT2D eigenvalue weighted by Gasteiger charge is -2.41. The van der Waals surface area contributed by atoms with Gasteiger partial charge in [-0.15, -0.1) is 0 Å². The van der Waals surface area contributed by atoms with Gasteiger partial charge in [-0.3, -0.25) is 10.3 Å². The third-order valence-electron chi connectivity index (χ3n) is 7.18. The van der Waals surface area contributed by atoms with Crippen LogP contribution in [0.4, 0.5) is 5.82 Å². The van der Waals surface area contributed by atoms with Crippen molar-refractivity contribution in [2.75, 3.05) is 11.9 Å². The molecule has 9 nitrogen and oxygen atoms in total. The Bertz CT molecular complexity index is 1410. The van der Waals surface area contributed by atoms with Crippen LogP contribution < -0.4 is 15.4 Å². The Labute approximate surface area is 215 Å². The lowest BCUT2D eigenvalue weighted by molar-refractivity contribution is -0.0524. The SMILES string of the molecule is Cc1cc(-c2cnn3c(NC[C@H]4C[C@@](C)(O)C4)cc(Oc4cccnc4)nc23)ccc1C(O)NC1CC1. The first kappa shape index (κ1) is 23.8. The number of benzene rings is 1. The van der Waals surface area contributed by atoms with Gasteiger partial charge in [0.15, 0.2) is 5.65 Å². The molecule has 0 radical (unpaired) electrons. The fraction of sp³-hybridized carbons (Fsp3) is 0.393. The maximum Gasteiger partial charge on any atom is 0.225 e. The molecule has 4 N–H and O–H groups in total. The molecule has 9 heteroatoms. The summed E-state index contributed by atoms with van der Waals surface area (Å²) in [6, 6.07) is 11.9. The summed E-state index contributed by atoms with van der Waals surface area (Å²) in [4.78, 5) is 8.93. The van der Waals surface area contributed by atoms with Gasteiger partial charge in [-0.05, 0) is 74.3 Å². The first-order valence-electron chi connectivity index (χ1n) is 12.8. The molecule has 1 aromatic carbocycles. The molecule has 2 saturated carbocycles. The first-order chi connectivity index (χ1) is 17.8. The number of hydrogen-bond acceptors (Lipinski definition) is 8. The summed E-state index contributed by atoms with van der Waals surface area (Å²) in [6.45, 7) is 4.60. The normalized spacial score (nSPS) is 22.0. The van der Waals surface area contributed by atoms with E-state index in [0.717, 1.165) is 60.3 Å². The number of nitrogens with zero attached hydrogens (tertiary/aromatic N) is 4. The molecule has 2 fully saturated rings. The van der Waals surface area contributed by atoms with E-state index in [2.05, 4.69) is 26.8 Å². The Hall–Kier alpha value is -3.53. The minimum absolute atomic E-state index is 0.391. The molecular weight excluding hydrogens is 468 g/mol. The van der Waals surface area contributed by atoms with Crippen molar-refractivity contribution < 1.29 is 14.9 Å². The van der Waals surface area contributed by atoms with Gasteiger partial charge in [0.25, 0.3) is 0 Å². The highest BCUT2D eigenvalue weighted by atomic mass is 16.5. The fourth-order valence-electron chi connectivity index (χ4n) is 5.14. The van der Waals surface area contributed by atoms with Gasteiger partial charge in [0.05, 0.1) is 18.0 Å². The van der Waals surface area contributed by atoms with Gasteiger partial charge in [0.2, 0.25) is 5.88 Å². The van der Waals surface area contributed by atoms with Crippen LogP contribution in [0.25, 0.3) is 16.8 Å². The number of aryl methyl sites for hydroxylation is 1. The summed E-state index contributed by atoms with van der Waals surface area (Å²) in [7, 11) is 0. The van der Waals surface area contributed by atoms with Gasteiger partial charge in [0.1, 0.15) is 17.8 Å². The summed E-state index contributed by atoms with van der Waals surface area (Å²) in [6.07, 6.45) is 8.24. The topological polar surface area (TPSA) is 117 Å². The van der Waals surface area contributed by atoms with E-state index >= 15 is 0 Å². The maximum absolute atomic E-state index is 10.6. The highest BCUT2D eigenvalue weighted by molar-refractivity contribution is 5.79. The predicted octanol–water partition coefficient (Wildman–Crippen LogP) is 4.21. The summed E-state index contributed by atoms with van der Waals surface area (Å²) < 4.78 is 7.84. The van der Waals surface area contributed by atoms with Crippen LogP contribution >= 0.6 is 0 Å². The zero-order valence-electron chi connectivity index (χ0n) is 21.1. The highest BCUT2D eigenvalue weighted by Gasteiger charge is 2.38. The van der Waals surface area contributed by atoms with Crippen molar-refractivity contribution in [3.8, 4) is 22.8 Å². The second-order valence-electron chi connectivity index (χ2n) is 10.6. The first-order valence-corrected chi connectivity index (χ1v) is 12.8. The number of aliphatic hydroxyl groups excluding tert-OH is 1. The molecule has 0 aliphatic heterocycles. The van der Waals surface area contributed by atoms with Crippen LogP contribution in [0.15, 0.2) is 55.0 Å². The number of rotatable bonds is 9. The van der Waals surface area contributed by atoms with Crippen LogP contribution in [-0.2, 0) is 0 Å². The van der Waals surface area contributed by atoms with Gasteiger partial charge in [-0.25, -0.2) is 0 Å². The summed E-state index contributed by atoms with van der Waals surface area (Å²) in [5.41, 5.74) is 3.79. The molecule has 0 amide bonds. The molecule has 3 heterocycles. The van der Waals surface area contributed by atoms with Crippen molar-refractivity contribution >= 4 is 11.5 Å². The van der Waals surface area contributed by atoms with Gasteiger partial charge in [-0.2, -0.15) is 14.6 Å². The van der Waals surface area contributed by atoms with Gasteiger partial charge in [-0.1, -0.05) is 18.2 Å². The largest absolute Gasteiger partial charge is 0.437 e. The van der Waals surface area contributed by atoms with E-state index < -0.39 is 11.8 Å². The number of nitrogens with one attached hydrogen (secondary N) is 2. The number of anilines is 1. The van der Waals surface area contributed by atoms with Crippen molar-refractivity contribution in [1.29, 1.82) is 0 Å². The van der Waals surface area contributed by atoms with Crippen LogP contribution in [0.2, 0.25) is 0 Å². The van der Waals surface area contributed by atoms with E-state index in [1.165, 1.54) is 0 Å². The van der Waals surface area contributed by atoms with Gasteiger partial charge >= 0.3 is 0 Å². The van der Waals surface area contributed by atoms with Crippen molar-refractivity contribution in [1.82, 2.24) is 24.9 Å². The molecule has 37 heavy (non-hydrogen) atoms. The summed E-state index contributed by atoms with van der Waals surface area (Å²) in [5, 5.41) is 32.1. The summed E-state index contributed by atoms with van der Waals surface area (Å²) >= 11 is 0. The van der Waals surface area contributed by atoms with Crippen molar-refractivity contribution in [3.63, 3.8) is 0 Å². The predicted molar refractivity (Wildman–Crippen MR) is 140 cm³/mol. The molecule has 4 aromatic rings. The Morgan fingerprint density at radius 2 is 2.03 bits per heavy atom. The van der Waals surface area contributed by atoms with Crippen molar-refractivity contribution in [3.05, 3.63) is 66.1 Å². The third-order valence-corrected chi connectivity index (χ3v) is 7.18. The zero-order chi connectivity index (χ0) is 25.6. The number of aliphatic hydroxyl groups is 2. The molecule has 0 spiro atoms. The lowest BCUT2D eigenvalue weighted by atomic mass is 9.72. The molecule has 3 aromatic heterocycles. The molecule has 0 bridgehead atoms. The highest BCUT2D eigenvalue weighted by Crippen LogP contribution is 2.38. The van der Waals surface area contributed by atoms with E-state index in [1.807, 2.05) is 50.4 Å². The molecule has 1 atom stereocenters. The zero-order valence-corrected chi connectivity index (χ0v) is 21.1. The van der Waals surface area contributed by atoms with Crippen LogP contribution in [-0.4, -0.2) is 48.0 Å². The average Bonchev–Trinajstić information content (AvgIpc) is 3.57. The average molecular weight is 501 g/mol.